The van der Waals surface area contributed by atoms with Gasteiger partial charge in [-0.25, -0.2) is 8.78 Å². The van der Waals surface area contributed by atoms with Gasteiger partial charge in [0.05, 0.1) is 0 Å². The number of rotatable bonds is 5. The lowest BCUT2D eigenvalue weighted by Crippen LogP contribution is -2.12. The molecule has 0 radical (unpaired) electrons. The van der Waals surface area contributed by atoms with Crippen LogP contribution in [0.1, 0.15) is 12.5 Å². The molecule has 0 amide bonds. The van der Waals surface area contributed by atoms with Crippen LogP contribution >= 0.6 is 11.8 Å². The van der Waals surface area contributed by atoms with Gasteiger partial charge in [0.25, 0.3) is 0 Å². The van der Waals surface area contributed by atoms with Gasteiger partial charge < -0.3 is 5.73 Å². The summed E-state index contributed by atoms with van der Waals surface area (Å²) in [6, 6.07) is 3.54. The third-order valence-corrected chi connectivity index (χ3v) is 3.39. The molecule has 0 aromatic heterocycles. The molecule has 0 aliphatic rings. The van der Waals surface area contributed by atoms with Gasteiger partial charge in [0.2, 0.25) is 0 Å². The molecule has 1 nitrogen and oxygen atoms in total. The summed E-state index contributed by atoms with van der Waals surface area (Å²) in [7, 11) is 0. The first-order valence-corrected chi connectivity index (χ1v) is 6.00. The van der Waals surface area contributed by atoms with Crippen LogP contribution in [-0.2, 0) is 5.75 Å². The Morgan fingerprint density at radius 1 is 1.40 bits per heavy atom. The Morgan fingerprint density at radius 3 is 2.80 bits per heavy atom. The third-order valence-electron chi connectivity index (χ3n) is 2.07. The van der Waals surface area contributed by atoms with E-state index in [1.165, 1.54) is 6.07 Å². The van der Waals surface area contributed by atoms with Gasteiger partial charge in [-0.3, -0.25) is 0 Å². The van der Waals surface area contributed by atoms with Crippen LogP contribution in [0.25, 0.3) is 0 Å². The minimum Gasteiger partial charge on any atom is -0.330 e. The first kappa shape index (κ1) is 12.5. The van der Waals surface area contributed by atoms with Crippen LogP contribution < -0.4 is 5.73 Å². The van der Waals surface area contributed by atoms with E-state index in [4.69, 9.17) is 5.73 Å². The van der Waals surface area contributed by atoms with Crippen LogP contribution in [0.4, 0.5) is 8.78 Å². The minimum atomic E-state index is -0.390. The highest BCUT2D eigenvalue weighted by Gasteiger charge is 2.05. The van der Waals surface area contributed by atoms with Crippen molar-refractivity contribution in [3.63, 3.8) is 0 Å². The highest BCUT2D eigenvalue weighted by Crippen LogP contribution is 2.18. The average Bonchev–Trinajstić information content (AvgIpc) is 2.23. The van der Waals surface area contributed by atoms with Gasteiger partial charge in [-0.05, 0) is 36.4 Å². The van der Waals surface area contributed by atoms with Crippen LogP contribution in [0.15, 0.2) is 18.2 Å². The van der Waals surface area contributed by atoms with E-state index in [-0.39, 0.29) is 11.6 Å². The monoisotopic (exact) mass is 231 g/mol. The summed E-state index contributed by atoms with van der Waals surface area (Å²) >= 11 is 1.58. The number of halogens is 2. The molecule has 1 unspecified atom stereocenters. The number of thioether (sulfide) groups is 1. The molecular formula is C11H15F2NS. The number of nitrogens with two attached hydrogens (primary N) is 1. The molecule has 15 heavy (non-hydrogen) atoms. The van der Waals surface area contributed by atoms with Crippen molar-refractivity contribution >= 4 is 11.8 Å². The Labute approximate surface area is 93.1 Å². The maximum atomic E-state index is 13.2. The highest BCUT2D eigenvalue weighted by atomic mass is 32.2. The largest absolute Gasteiger partial charge is 0.330 e. The molecule has 0 fully saturated rings. The van der Waals surface area contributed by atoms with E-state index in [1.54, 1.807) is 11.8 Å². The zero-order chi connectivity index (χ0) is 11.3. The van der Waals surface area contributed by atoms with Gasteiger partial charge in [-0.2, -0.15) is 11.8 Å². The summed E-state index contributed by atoms with van der Waals surface area (Å²) in [5, 5.41) is 0. The van der Waals surface area contributed by atoms with Crippen LogP contribution in [0.3, 0.4) is 0 Å². The molecule has 1 aromatic rings. The van der Waals surface area contributed by atoms with Crippen molar-refractivity contribution < 1.29 is 8.78 Å². The normalized spacial score (nSPS) is 12.8. The molecule has 1 rings (SSSR count). The fourth-order valence-electron chi connectivity index (χ4n) is 1.09. The number of benzene rings is 1. The smallest absolute Gasteiger partial charge is 0.127 e. The SMILES string of the molecule is CC(CN)CSCc1cc(F)ccc1F. The van der Waals surface area contributed by atoms with Crippen molar-refractivity contribution in [2.75, 3.05) is 12.3 Å². The third kappa shape index (κ3) is 4.18. The first-order chi connectivity index (χ1) is 7.13. The van der Waals surface area contributed by atoms with Crippen molar-refractivity contribution in [2.24, 2.45) is 11.7 Å². The first-order valence-electron chi connectivity index (χ1n) is 4.85. The molecule has 2 N–H and O–H groups in total. The van der Waals surface area contributed by atoms with E-state index < -0.39 is 0 Å². The van der Waals surface area contributed by atoms with Crippen molar-refractivity contribution in [1.82, 2.24) is 0 Å². The predicted molar refractivity (Wildman–Crippen MR) is 60.7 cm³/mol. The Morgan fingerprint density at radius 2 is 2.13 bits per heavy atom. The van der Waals surface area contributed by atoms with E-state index >= 15 is 0 Å². The summed E-state index contributed by atoms with van der Waals surface area (Å²) < 4.78 is 26.0. The molecule has 0 aliphatic carbocycles. The molecule has 84 valence electrons. The maximum Gasteiger partial charge on any atom is 0.127 e. The molecular weight excluding hydrogens is 216 g/mol. The van der Waals surface area contributed by atoms with Crippen LogP contribution in [0.5, 0.6) is 0 Å². The quantitative estimate of drug-likeness (QED) is 0.843. The lowest BCUT2D eigenvalue weighted by Gasteiger charge is -2.08. The van der Waals surface area contributed by atoms with Crippen LogP contribution in [0, 0.1) is 17.6 Å². The lowest BCUT2D eigenvalue weighted by molar-refractivity contribution is 0.591. The van der Waals surface area contributed by atoms with E-state index in [0.29, 0.717) is 23.8 Å². The summed E-state index contributed by atoms with van der Waals surface area (Å²) in [5.74, 6) is 1.04. The standard InChI is InChI=1S/C11H15F2NS/c1-8(5-14)6-15-7-9-4-10(12)2-3-11(9)13/h2-4,8H,5-7,14H2,1H3. The molecule has 0 bridgehead atoms. The van der Waals surface area contributed by atoms with E-state index in [1.807, 2.05) is 6.92 Å². The highest BCUT2D eigenvalue weighted by molar-refractivity contribution is 7.98. The summed E-state index contributed by atoms with van der Waals surface area (Å²) in [4.78, 5) is 0. The van der Waals surface area contributed by atoms with Crippen molar-refractivity contribution in [2.45, 2.75) is 12.7 Å². The van der Waals surface area contributed by atoms with Crippen molar-refractivity contribution in [3.8, 4) is 0 Å². The second kappa shape index (κ2) is 6.08. The van der Waals surface area contributed by atoms with E-state index in [2.05, 4.69) is 0 Å². The van der Waals surface area contributed by atoms with Gasteiger partial charge in [-0.15, -0.1) is 0 Å². The van der Waals surface area contributed by atoms with Gasteiger partial charge in [0.1, 0.15) is 11.6 Å². The minimum absolute atomic E-state index is 0.343. The topological polar surface area (TPSA) is 26.0 Å². The molecule has 0 spiro atoms. The molecule has 0 heterocycles. The second-order valence-corrected chi connectivity index (χ2v) is 4.62. The van der Waals surface area contributed by atoms with Gasteiger partial charge in [0.15, 0.2) is 0 Å². The van der Waals surface area contributed by atoms with Gasteiger partial charge in [-0.1, -0.05) is 6.92 Å². The Balaban J connectivity index is 2.46. The molecule has 0 saturated heterocycles. The fraction of sp³-hybridized carbons (Fsp3) is 0.455. The Kier molecular flexibility index (Phi) is 5.05. The van der Waals surface area contributed by atoms with E-state index in [9.17, 15) is 8.78 Å². The molecule has 4 heteroatoms. The van der Waals surface area contributed by atoms with Crippen LogP contribution in [-0.4, -0.2) is 12.3 Å². The zero-order valence-corrected chi connectivity index (χ0v) is 9.49. The number of hydrogen-bond donors (Lipinski definition) is 1. The van der Waals surface area contributed by atoms with Gasteiger partial charge in [0, 0.05) is 11.3 Å². The van der Waals surface area contributed by atoms with Crippen LogP contribution in [0.2, 0.25) is 0 Å². The molecule has 1 aromatic carbocycles. The van der Waals surface area contributed by atoms with Gasteiger partial charge >= 0.3 is 0 Å². The Hall–Kier alpha value is -0.610. The second-order valence-electron chi connectivity index (χ2n) is 3.59. The van der Waals surface area contributed by atoms with Crippen molar-refractivity contribution in [3.05, 3.63) is 35.4 Å². The molecule has 1 atom stereocenters. The maximum absolute atomic E-state index is 13.2. The fourth-order valence-corrected chi connectivity index (χ4v) is 2.19. The summed E-state index contributed by atoms with van der Waals surface area (Å²) in [6.07, 6.45) is 0. The molecule has 0 aliphatic heterocycles. The average molecular weight is 231 g/mol. The van der Waals surface area contributed by atoms with Crippen molar-refractivity contribution in [1.29, 1.82) is 0 Å². The Bertz CT molecular complexity index is 317. The lowest BCUT2D eigenvalue weighted by atomic mass is 10.2. The predicted octanol–water partition coefficient (Wildman–Crippen LogP) is 2.79. The summed E-state index contributed by atoms with van der Waals surface area (Å²) in [5.41, 5.74) is 5.88. The zero-order valence-electron chi connectivity index (χ0n) is 8.67. The number of hydrogen-bond acceptors (Lipinski definition) is 2. The van der Waals surface area contributed by atoms with E-state index in [0.717, 1.165) is 17.9 Å². The summed E-state index contributed by atoms with van der Waals surface area (Å²) in [6.45, 7) is 2.66. The molecule has 0 saturated carbocycles.